The predicted molar refractivity (Wildman–Crippen MR) is 83.1 cm³/mol. The maximum absolute atomic E-state index is 13.0. The minimum absolute atomic E-state index is 0.124. The zero-order chi connectivity index (χ0) is 16.9. The Morgan fingerprint density at radius 3 is 2.57 bits per heavy atom. The molecule has 1 saturated heterocycles. The van der Waals surface area contributed by atoms with Crippen molar-refractivity contribution in [2.45, 2.75) is 43.7 Å². The molecule has 0 atom stereocenters. The second-order valence-corrected chi connectivity index (χ2v) is 7.28. The van der Waals surface area contributed by atoms with Crippen LogP contribution in [0.25, 0.3) is 0 Å². The highest BCUT2D eigenvalue weighted by Gasteiger charge is 2.33. The summed E-state index contributed by atoms with van der Waals surface area (Å²) in [6.45, 7) is 0.677. The largest absolute Gasteiger partial charge is 0.433 e. The molecule has 0 radical (unpaired) electrons. The molecule has 0 saturated carbocycles. The third-order valence-corrected chi connectivity index (χ3v) is 5.80. The SMILES string of the molecule is CCCN(C1CCNCC1)S(=O)(=O)c1ccccc1OC(F)F. The number of hydrogen-bond acceptors (Lipinski definition) is 4. The topological polar surface area (TPSA) is 58.6 Å². The molecule has 0 amide bonds. The van der Waals surface area contributed by atoms with Crippen LogP contribution in [0.4, 0.5) is 8.78 Å². The van der Waals surface area contributed by atoms with Crippen LogP contribution in [0, 0.1) is 0 Å². The average molecular weight is 348 g/mol. The fourth-order valence-electron chi connectivity index (χ4n) is 2.80. The van der Waals surface area contributed by atoms with Crippen molar-refractivity contribution in [3.63, 3.8) is 0 Å². The summed E-state index contributed by atoms with van der Waals surface area (Å²) in [5, 5.41) is 3.20. The van der Waals surface area contributed by atoms with Crippen LogP contribution in [0.5, 0.6) is 5.75 Å². The number of rotatable bonds is 7. The molecule has 0 bridgehead atoms. The second kappa shape index (κ2) is 8.03. The van der Waals surface area contributed by atoms with Gasteiger partial charge in [-0.1, -0.05) is 19.1 Å². The standard InChI is InChI=1S/C15H22F2N2O3S/c1-2-11-19(12-7-9-18-10-8-12)23(20,21)14-6-4-3-5-13(14)22-15(16)17/h3-6,12,15,18H,2,7-11H2,1H3. The Labute approximate surface area is 135 Å². The van der Waals surface area contributed by atoms with Gasteiger partial charge in [0.2, 0.25) is 10.0 Å². The van der Waals surface area contributed by atoms with Crippen molar-refractivity contribution in [2.75, 3.05) is 19.6 Å². The van der Waals surface area contributed by atoms with Crippen molar-refractivity contribution in [1.82, 2.24) is 9.62 Å². The van der Waals surface area contributed by atoms with E-state index in [2.05, 4.69) is 10.1 Å². The van der Waals surface area contributed by atoms with Crippen molar-refractivity contribution < 1.29 is 21.9 Å². The molecule has 8 heteroatoms. The number of hydrogen-bond donors (Lipinski definition) is 1. The molecule has 0 aliphatic carbocycles. The van der Waals surface area contributed by atoms with E-state index in [1.165, 1.54) is 28.6 Å². The first-order valence-corrected chi connectivity index (χ1v) is 9.17. The Bertz CT molecular complexity index is 604. The Balaban J connectivity index is 2.37. The molecule has 1 aromatic rings. The molecule has 1 aromatic carbocycles. The van der Waals surface area contributed by atoms with Crippen LogP contribution in [-0.4, -0.2) is 45.0 Å². The van der Waals surface area contributed by atoms with Gasteiger partial charge in [-0.25, -0.2) is 8.42 Å². The summed E-state index contributed by atoms with van der Waals surface area (Å²) in [5.41, 5.74) is 0. The van der Waals surface area contributed by atoms with Gasteiger partial charge in [0.25, 0.3) is 0 Å². The maximum Gasteiger partial charge on any atom is 0.387 e. The van der Waals surface area contributed by atoms with E-state index in [1.807, 2.05) is 6.92 Å². The molecule has 0 unspecified atom stereocenters. The van der Waals surface area contributed by atoms with Crippen molar-refractivity contribution in [3.8, 4) is 5.75 Å². The summed E-state index contributed by atoms with van der Waals surface area (Å²) in [6.07, 6.45) is 2.06. The van der Waals surface area contributed by atoms with Gasteiger partial charge in [-0.15, -0.1) is 0 Å². The smallest absolute Gasteiger partial charge is 0.387 e. The summed E-state index contributed by atoms with van der Waals surface area (Å²) in [7, 11) is -3.89. The molecule has 1 N–H and O–H groups in total. The van der Waals surface area contributed by atoms with Crippen LogP contribution in [0.3, 0.4) is 0 Å². The number of ether oxygens (including phenoxy) is 1. The van der Waals surface area contributed by atoms with Gasteiger partial charge >= 0.3 is 6.61 Å². The Morgan fingerprint density at radius 1 is 1.30 bits per heavy atom. The zero-order valence-corrected chi connectivity index (χ0v) is 13.9. The van der Waals surface area contributed by atoms with Gasteiger partial charge in [-0.2, -0.15) is 13.1 Å². The third kappa shape index (κ3) is 4.39. The van der Waals surface area contributed by atoms with E-state index in [4.69, 9.17) is 0 Å². The molecule has 1 aliphatic heterocycles. The summed E-state index contributed by atoms with van der Waals surface area (Å²) < 4.78 is 56.9. The fraction of sp³-hybridized carbons (Fsp3) is 0.600. The molecule has 130 valence electrons. The molecule has 1 fully saturated rings. The zero-order valence-electron chi connectivity index (χ0n) is 13.0. The summed E-state index contributed by atoms with van der Waals surface area (Å²) in [6, 6.07) is 5.44. The highest BCUT2D eigenvalue weighted by Crippen LogP contribution is 2.30. The van der Waals surface area contributed by atoms with Crippen LogP contribution in [0.1, 0.15) is 26.2 Å². The van der Waals surface area contributed by atoms with E-state index in [0.717, 1.165) is 13.1 Å². The lowest BCUT2D eigenvalue weighted by atomic mass is 10.1. The van der Waals surface area contributed by atoms with Crippen molar-refractivity contribution in [3.05, 3.63) is 24.3 Å². The summed E-state index contributed by atoms with van der Waals surface area (Å²) >= 11 is 0. The van der Waals surface area contributed by atoms with Gasteiger partial charge in [0.05, 0.1) is 0 Å². The third-order valence-electron chi connectivity index (χ3n) is 3.81. The molecule has 0 spiro atoms. The minimum Gasteiger partial charge on any atom is -0.433 e. The number of sulfonamides is 1. The van der Waals surface area contributed by atoms with Crippen molar-refractivity contribution >= 4 is 10.0 Å². The van der Waals surface area contributed by atoms with E-state index in [-0.39, 0.29) is 16.7 Å². The molecule has 1 aliphatic rings. The first-order valence-electron chi connectivity index (χ1n) is 7.73. The second-order valence-electron chi connectivity index (χ2n) is 5.42. The van der Waals surface area contributed by atoms with E-state index in [0.29, 0.717) is 25.8 Å². The van der Waals surface area contributed by atoms with Gasteiger partial charge in [-0.05, 0) is 44.5 Å². The number of para-hydroxylation sites is 1. The van der Waals surface area contributed by atoms with Crippen molar-refractivity contribution in [2.24, 2.45) is 0 Å². The Morgan fingerprint density at radius 2 is 1.96 bits per heavy atom. The lowest BCUT2D eigenvalue weighted by Gasteiger charge is -2.33. The number of benzene rings is 1. The minimum atomic E-state index is -3.89. The Kier molecular flexibility index (Phi) is 6.32. The molecule has 2 rings (SSSR count). The molecule has 0 aromatic heterocycles. The van der Waals surface area contributed by atoms with Crippen LogP contribution in [0.15, 0.2) is 29.2 Å². The van der Waals surface area contributed by atoms with E-state index in [1.54, 1.807) is 0 Å². The monoisotopic (exact) mass is 348 g/mol. The maximum atomic E-state index is 13.0. The highest BCUT2D eigenvalue weighted by molar-refractivity contribution is 7.89. The molecule has 5 nitrogen and oxygen atoms in total. The predicted octanol–water partition coefficient (Wildman–Crippen LogP) is 2.44. The average Bonchev–Trinajstić information content (AvgIpc) is 2.53. The van der Waals surface area contributed by atoms with Gasteiger partial charge in [0.1, 0.15) is 10.6 Å². The van der Waals surface area contributed by atoms with Gasteiger partial charge in [0.15, 0.2) is 0 Å². The van der Waals surface area contributed by atoms with Crippen molar-refractivity contribution in [1.29, 1.82) is 0 Å². The van der Waals surface area contributed by atoms with E-state index in [9.17, 15) is 17.2 Å². The fourth-order valence-corrected chi connectivity index (χ4v) is 4.70. The van der Waals surface area contributed by atoms with Crippen LogP contribution in [0.2, 0.25) is 0 Å². The summed E-state index contributed by atoms with van der Waals surface area (Å²) in [5.74, 6) is -0.308. The van der Waals surface area contributed by atoms with E-state index < -0.39 is 16.6 Å². The Hall–Kier alpha value is -1.25. The molecule has 23 heavy (non-hydrogen) atoms. The quantitative estimate of drug-likeness (QED) is 0.822. The van der Waals surface area contributed by atoms with Gasteiger partial charge in [0, 0.05) is 12.6 Å². The number of piperidine rings is 1. The van der Waals surface area contributed by atoms with Crippen LogP contribution >= 0.6 is 0 Å². The highest BCUT2D eigenvalue weighted by atomic mass is 32.2. The van der Waals surface area contributed by atoms with Gasteiger partial charge < -0.3 is 10.1 Å². The number of halogens is 2. The molecule has 1 heterocycles. The number of alkyl halides is 2. The number of nitrogens with zero attached hydrogens (tertiary/aromatic N) is 1. The van der Waals surface area contributed by atoms with E-state index >= 15 is 0 Å². The summed E-state index contributed by atoms with van der Waals surface area (Å²) in [4.78, 5) is -0.202. The first-order chi connectivity index (χ1) is 11.0. The lowest BCUT2D eigenvalue weighted by molar-refractivity contribution is -0.0518. The van der Waals surface area contributed by atoms with Crippen LogP contribution in [-0.2, 0) is 10.0 Å². The number of nitrogens with one attached hydrogen (secondary N) is 1. The normalized spacial score (nSPS) is 16.9. The first kappa shape index (κ1) is 18.1. The van der Waals surface area contributed by atoms with Gasteiger partial charge in [-0.3, -0.25) is 0 Å². The van der Waals surface area contributed by atoms with Crippen LogP contribution < -0.4 is 10.1 Å². The molecular formula is C15H22F2N2O3S. The lowest BCUT2D eigenvalue weighted by Crippen LogP contribution is -2.46. The molecular weight excluding hydrogens is 326 g/mol.